The minimum absolute atomic E-state index is 0.207. The van der Waals surface area contributed by atoms with Crippen molar-refractivity contribution < 1.29 is 4.79 Å². The van der Waals surface area contributed by atoms with E-state index in [1.165, 1.54) is 25.6 Å². The first-order valence-electron chi connectivity index (χ1n) is 7.36. The smallest absolute Gasteiger partial charge is 0.274 e. The van der Waals surface area contributed by atoms with Crippen LogP contribution in [0.3, 0.4) is 0 Å². The fraction of sp³-hybridized carbons (Fsp3) is 0.312. The molecule has 1 amide bonds. The van der Waals surface area contributed by atoms with E-state index in [2.05, 4.69) is 42.8 Å². The topological polar surface area (TPSA) is 58.1 Å². The van der Waals surface area contributed by atoms with Crippen molar-refractivity contribution in [2.45, 2.75) is 19.3 Å². The summed E-state index contributed by atoms with van der Waals surface area (Å²) in [7, 11) is 0. The zero-order valence-corrected chi connectivity index (χ0v) is 14.3. The molecule has 2 aromatic rings. The zero-order chi connectivity index (χ0) is 15.4. The van der Waals surface area contributed by atoms with Crippen molar-refractivity contribution in [2.75, 3.05) is 23.3 Å². The van der Waals surface area contributed by atoms with Gasteiger partial charge in [0.2, 0.25) is 0 Å². The van der Waals surface area contributed by atoms with E-state index >= 15 is 0 Å². The molecule has 0 atom stereocenters. The normalized spacial score (nSPS) is 14.7. The molecular weight excluding hydrogens is 391 g/mol. The second-order valence-corrected chi connectivity index (χ2v) is 6.52. The lowest BCUT2D eigenvalue weighted by atomic mass is 10.1. The highest BCUT2D eigenvalue weighted by Crippen LogP contribution is 2.18. The summed E-state index contributed by atoms with van der Waals surface area (Å²) in [6.45, 7) is 1.99. The Morgan fingerprint density at radius 3 is 2.55 bits per heavy atom. The Kier molecular flexibility index (Phi) is 4.87. The Hall–Kier alpha value is -1.70. The predicted molar refractivity (Wildman–Crippen MR) is 95.2 cm³/mol. The number of benzene rings is 1. The summed E-state index contributed by atoms with van der Waals surface area (Å²) in [5.41, 5.74) is 1.16. The number of nitrogens with one attached hydrogen (secondary N) is 1. The molecule has 22 heavy (non-hydrogen) atoms. The molecule has 1 aromatic heterocycles. The number of nitrogens with zero attached hydrogens (tertiary/aromatic N) is 3. The van der Waals surface area contributed by atoms with Gasteiger partial charge in [-0.15, -0.1) is 0 Å². The molecule has 0 aliphatic carbocycles. The maximum absolute atomic E-state index is 12.3. The number of rotatable bonds is 3. The van der Waals surface area contributed by atoms with Crippen molar-refractivity contribution in [3.8, 4) is 0 Å². The highest BCUT2D eigenvalue weighted by atomic mass is 127. The summed E-state index contributed by atoms with van der Waals surface area (Å²) in [6.07, 6.45) is 5.08. The van der Waals surface area contributed by atoms with Crippen LogP contribution in [0, 0.1) is 3.57 Å². The van der Waals surface area contributed by atoms with Gasteiger partial charge in [0.25, 0.3) is 5.91 Å². The van der Waals surface area contributed by atoms with Gasteiger partial charge in [0.1, 0.15) is 17.8 Å². The van der Waals surface area contributed by atoms with Crippen LogP contribution < -0.4 is 10.2 Å². The van der Waals surface area contributed by atoms with Crippen molar-refractivity contribution in [1.29, 1.82) is 0 Å². The van der Waals surface area contributed by atoms with Crippen LogP contribution in [-0.4, -0.2) is 29.0 Å². The number of hydrogen-bond acceptors (Lipinski definition) is 4. The van der Waals surface area contributed by atoms with Gasteiger partial charge in [-0.25, -0.2) is 9.97 Å². The number of carbonyl (C=O) groups is 1. The maximum Gasteiger partial charge on any atom is 0.274 e. The predicted octanol–water partition coefficient (Wildman–Crippen LogP) is 3.32. The van der Waals surface area contributed by atoms with Gasteiger partial charge in [0.05, 0.1) is 0 Å². The molecule has 0 saturated carbocycles. The van der Waals surface area contributed by atoms with Crippen LogP contribution in [-0.2, 0) is 0 Å². The highest BCUT2D eigenvalue weighted by Gasteiger charge is 2.15. The van der Waals surface area contributed by atoms with Crippen LogP contribution in [0.4, 0.5) is 11.5 Å². The number of hydrogen-bond donors (Lipinski definition) is 1. The lowest BCUT2D eigenvalue weighted by Crippen LogP contribution is -2.30. The molecule has 2 heterocycles. The number of amides is 1. The molecule has 1 saturated heterocycles. The lowest BCUT2D eigenvalue weighted by Gasteiger charge is -2.27. The quantitative estimate of drug-likeness (QED) is 0.792. The fourth-order valence-electron chi connectivity index (χ4n) is 2.50. The maximum atomic E-state index is 12.3. The van der Waals surface area contributed by atoms with Gasteiger partial charge in [-0.3, -0.25) is 4.79 Å². The molecule has 1 aliphatic rings. The van der Waals surface area contributed by atoms with Gasteiger partial charge in [-0.05, 0) is 66.1 Å². The van der Waals surface area contributed by atoms with E-state index in [4.69, 9.17) is 0 Å². The lowest BCUT2D eigenvalue weighted by molar-refractivity contribution is 0.102. The summed E-state index contributed by atoms with van der Waals surface area (Å²) in [6, 6.07) is 9.44. The molecule has 5 nitrogen and oxygen atoms in total. The highest BCUT2D eigenvalue weighted by molar-refractivity contribution is 14.1. The van der Waals surface area contributed by atoms with E-state index in [9.17, 15) is 4.79 Å². The van der Waals surface area contributed by atoms with E-state index in [-0.39, 0.29) is 5.91 Å². The van der Waals surface area contributed by atoms with E-state index in [1.54, 1.807) is 6.07 Å². The van der Waals surface area contributed by atoms with Crippen molar-refractivity contribution in [2.24, 2.45) is 0 Å². The van der Waals surface area contributed by atoms with Crippen LogP contribution in [0.2, 0.25) is 0 Å². The number of carbonyl (C=O) groups excluding carboxylic acids is 1. The fourth-order valence-corrected chi connectivity index (χ4v) is 2.86. The van der Waals surface area contributed by atoms with Crippen molar-refractivity contribution in [1.82, 2.24) is 9.97 Å². The summed E-state index contributed by atoms with van der Waals surface area (Å²) >= 11 is 2.23. The van der Waals surface area contributed by atoms with Gasteiger partial charge in [-0.2, -0.15) is 0 Å². The number of aromatic nitrogens is 2. The third kappa shape index (κ3) is 3.73. The van der Waals surface area contributed by atoms with E-state index in [1.807, 2.05) is 24.3 Å². The number of anilines is 2. The first-order valence-corrected chi connectivity index (χ1v) is 8.44. The third-order valence-electron chi connectivity index (χ3n) is 3.67. The Morgan fingerprint density at radius 1 is 1.09 bits per heavy atom. The summed E-state index contributed by atoms with van der Waals surface area (Å²) in [5.74, 6) is 0.629. The van der Waals surface area contributed by atoms with Gasteiger partial charge in [0, 0.05) is 28.4 Å². The molecule has 0 spiro atoms. The molecule has 0 unspecified atom stereocenters. The Labute approximate surface area is 143 Å². The van der Waals surface area contributed by atoms with E-state index in [0.29, 0.717) is 5.69 Å². The zero-order valence-electron chi connectivity index (χ0n) is 12.1. The minimum atomic E-state index is -0.207. The summed E-state index contributed by atoms with van der Waals surface area (Å²) in [4.78, 5) is 22.9. The van der Waals surface area contributed by atoms with Gasteiger partial charge in [-0.1, -0.05) is 0 Å². The summed E-state index contributed by atoms with van der Waals surface area (Å²) < 4.78 is 1.13. The monoisotopic (exact) mass is 408 g/mol. The Bertz CT molecular complexity index is 653. The minimum Gasteiger partial charge on any atom is -0.357 e. The van der Waals surface area contributed by atoms with Gasteiger partial charge < -0.3 is 10.2 Å². The van der Waals surface area contributed by atoms with Crippen LogP contribution >= 0.6 is 22.6 Å². The average molecular weight is 408 g/mol. The van der Waals surface area contributed by atoms with Crippen LogP contribution in [0.5, 0.6) is 0 Å². The SMILES string of the molecule is O=C(Nc1ccc(I)cc1)c1cc(N2CCCCC2)ncn1. The van der Waals surface area contributed by atoms with Crippen molar-refractivity contribution >= 4 is 40.0 Å². The van der Waals surface area contributed by atoms with Crippen LogP contribution in [0.1, 0.15) is 29.8 Å². The second kappa shape index (κ2) is 7.04. The molecule has 3 rings (SSSR count). The van der Waals surface area contributed by atoms with Gasteiger partial charge >= 0.3 is 0 Å². The Balaban J connectivity index is 1.73. The standard InChI is InChI=1S/C16H17IN4O/c17-12-4-6-13(7-5-12)20-16(22)14-10-15(19-11-18-14)21-8-2-1-3-9-21/h4-7,10-11H,1-3,8-9H2,(H,20,22). The molecule has 1 aromatic carbocycles. The molecule has 1 fully saturated rings. The number of piperidine rings is 1. The molecule has 0 bridgehead atoms. The van der Waals surface area contributed by atoms with E-state index < -0.39 is 0 Å². The largest absolute Gasteiger partial charge is 0.357 e. The van der Waals surface area contributed by atoms with E-state index in [0.717, 1.165) is 28.2 Å². The molecule has 0 radical (unpaired) electrons. The number of halogens is 1. The average Bonchev–Trinajstić information content (AvgIpc) is 2.58. The molecule has 6 heteroatoms. The first kappa shape index (κ1) is 15.2. The molecule has 1 aliphatic heterocycles. The molecule has 114 valence electrons. The first-order chi connectivity index (χ1) is 10.7. The van der Waals surface area contributed by atoms with Gasteiger partial charge in [0.15, 0.2) is 0 Å². The Morgan fingerprint density at radius 2 is 1.82 bits per heavy atom. The van der Waals surface area contributed by atoms with Crippen molar-refractivity contribution in [3.05, 3.63) is 45.9 Å². The molecular formula is C16H17IN4O. The van der Waals surface area contributed by atoms with Crippen molar-refractivity contribution in [3.63, 3.8) is 0 Å². The molecule has 1 N–H and O–H groups in total. The summed E-state index contributed by atoms with van der Waals surface area (Å²) in [5, 5.41) is 2.86. The van der Waals surface area contributed by atoms with Crippen LogP contribution in [0.15, 0.2) is 36.7 Å². The van der Waals surface area contributed by atoms with Crippen LogP contribution in [0.25, 0.3) is 0 Å². The second-order valence-electron chi connectivity index (χ2n) is 5.27. The third-order valence-corrected chi connectivity index (χ3v) is 4.39.